The molecule has 46 heavy (non-hydrogen) atoms. The first kappa shape index (κ1) is 33.1. The molecule has 2 saturated heterocycles. The summed E-state index contributed by atoms with van der Waals surface area (Å²) >= 11 is 0. The summed E-state index contributed by atoms with van der Waals surface area (Å²) in [5.74, 6) is -0.692. The van der Waals surface area contributed by atoms with E-state index < -0.39 is 36.6 Å². The monoisotopic (exact) mass is 632 g/mol. The number of rotatable bonds is 9. The molecule has 8 atom stereocenters. The van der Waals surface area contributed by atoms with E-state index in [1.165, 1.54) is 24.0 Å². The summed E-state index contributed by atoms with van der Waals surface area (Å²) < 4.78 is 12.1. The first-order valence-electron chi connectivity index (χ1n) is 17.6. The number of hydrogen-bond acceptors (Lipinski definition) is 8. The molecule has 0 amide bonds. The number of nitrogens with zero attached hydrogens (tertiary/aromatic N) is 2. The third-order valence-electron chi connectivity index (χ3n) is 11.2. The van der Waals surface area contributed by atoms with E-state index in [0.29, 0.717) is 24.9 Å². The molecule has 0 aromatic heterocycles. The van der Waals surface area contributed by atoms with Crippen molar-refractivity contribution in [3.05, 3.63) is 70.8 Å². The molecule has 2 aromatic carbocycles. The Labute approximate surface area is 274 Å². The summed E-state index contributed by atoms with van der Waals surface area (Å²) in [7, 11) is 0. The number of aryl methyl sites for hydroxylation is 2. The Bertz CT molecular complexity index is 1210. The van der Waals surface area contributed by atoms with E-state index in [2.05, 4.69) is 72.2 Å². The summed E-state index contributed by atoms with van der Waals surface area (Å²) in [6, 6.07) is 16.7. The average Bonchev–Trinajstić information content (AvgIpc) is 3.08. The molecule has 2 aromatic rings. The van der Waals surface area contributed by atoms with Crippen LogP contribution in [0.15, 0.2) is 48.5 Å². The normalized spacial score (nSPS) is 30.0. The number of fused-ring (bicyclic) bond motifs is 2. The van der Waals surface area contributed by atoms with Crippen LogP contribution in [0.5, 0.6) is 0 Å². The molecular formula is C38H52N2O6. The van der Waals surface area contributed by atoms with Gasteiger partial charge in [0.1, 0.15) is 0 Å². The van der Waals surface area contributed by atoms with Crippen molar-refractivity contribution >= 4 is 11.9 Å². The minimum atomic E-state index is -2.02. The molecule has 8 unspecified atom stereocenters. The smallest absolute Gasteiger partial charge is 0.339 e. The molecular weight excluding hydrogens is 580 g/mol. The van der Waals surface area contributed by atoms with Gasteiger partial charge in [-0.2, -0.15) is 0 Å². The van der Waals surface area contributed by atoms with Gasteiger partial charge < -0.3 is 19.7 Å². The van der Waals surface area contributed by atoms with Gasteiger partial charge in [0.2, 0.25) is 0 Å². The molecule has 2 heterocycles. The highest BCUT2D eigenvalue weighted by atomic mass is 16.6. The van der Waals surface area contributed by atoms with Crippen molar-refractivity contribution in [1.29, 1.82) is 0 Å². The SMILES string of the molecule is Cc1ccc(CN2CCC3CCCCC3C2OC(=O)C(O)C(O)C(=O)OC2C3CCCCC3CCN2Cc2ccc(C)cc2)cc1. The molecule has 6 rings (SSSR count). The summed E-state index contributed by atoms with van der Waals surface area (Å²) in [5, 5.41) is 22.0. The Kier molecular flexibility index (Phi) is 10.8. The highest BCUT2D eigenvalue weighted by Crippen LogP contribution is 2.42. The summed E-state index contributed by atoms with van der Waals surface area (Å²) in [5.41, 5.74) is 4.64. The molecule has 8 heteroatoms. The molecule has 250 valence electrons. The van der Waals surface area contributed by atoms with Crippen molar-refractivity contribution in [2.45, 2.75) is 116 Å². The number of ether oxygens (including phenoxy) is 2. The molecule has 2 N–H and O–H groups in total. The van der Waals surface area contributed by atoms with Crippen molar-refractivity contribution in [2.75, 3.05) is 13.1 Å². The fraction of sp³-hybridized carbons (Fsp3) is 0.632. The number of aliphatic hydroxyl groups is 2. The highest BCUT2D eigenvalue weighted by Gasteiger charge is 2.46. The molecule has 8 nitrogen and oxygen atoms in total. The zero-order valence-corrected chi connectivity index (χ0v) is 27.6. The maximum Gasteiger partial charge on any atom is 0.339 e. The standard InChI is InChI=1S/C38H52N2O6/c1-25-11-15-27(16-12-25)23-39-21-19-29-7-3-5-9-31(29)35(39)45-37(43)33(41)34(42)38(44)46-36-32-10-6-4-8-30(32)20-22-40(36)24-28-17-13-26(2)14-18-28/h11-18,29-36,41-42H,3-10,19-24H2,1-2H3. The van der Waals surface area contributed by atoms with Crippen molar-refractivity contribution in [3.8, 4) is 0 Å². The van der Waals surface area contributed by atoms with Gasteiger partial charge in [0, 0.05) is 38.0 Å². The fourth-order valence-electron chi connectivity index (χ4n) is 8.55. The predicted octanol–water partition coefficient (Wildman–Crippen LogP) is 5.49. The lowest BCUT2D eigenvalue weighted by atomic mass is 9.74. The van der Waals surface area contributed by atoms with Gasteiger partial charge in [0.05, 0.1) is 0 Å². The van der Waals surface area contributed by atoms with Crippen LogP contribution in [0.25, 0.3) is 0 Å². The Balaban J connectivity index is 1.13. The van der Waals surface area contributed by atoms with Gasteiger partial charge >= 0.3 is 11.9 Å². The molecule has 2 aliphatic heterocycles. The third-order valence-corrected chi connectivity index (χ3v) is 11.2. The summed E-state index contributed by atoms with van der Waals surface area (Å²) in [6.45, 7) is 6.95. The molecule has 4 fully saturated rings. The lowest BCUT2D eigenvalue weighted by molar-refractivity contribution is -0.204. The number of carbonyl (C=O) groups excluding carboxylic acids is 2. The fourth-order valence-corrected chi connectivity index (χ4v) is 8.55. The van der Waals surface area contributed by atoms with Crippen LogP contribution in [-0.4, -0.2) is 69.7 Å². The molecule has 0 spiro atoms. The van der Waals surface area contributed by atoms with Crippen LogP contribution < -0.4 is 0 Å². The first-order chi connectivity index (χ1) is 22.3. The molecule has 0 radical (unpaired) electrons. The van der Waals surface area contributed by atoms with E-state index in [1.807, 2.05) is 0 Å². The van der Waals surface area contributed by atoms with E-state index in [0.717, 1.165) is 75.6 Å². The topological polar surface area (TPSA) is 99.5 Å². The lowest BCUT2D eigenvalue weighted by Crippen LogP contribution is -2.55. The van der Waals surface area contributed by atoms with Crippen molar-refractivity contribution in [3.63, 3.8) is 0 Å². The van der Waals surface area contributed by atoms with Gasteiger partial charge in [-0.3, -0.25) is 9.80 Å². The Hall–Kier alpha value is -2.78. The number of carbonyl (C=O) groups is 2. The minimum absolute atomic E-state index is 0.161. The molecule has 2 aliphatic carbocycles. The number of benzene rings is 2. The Morgan fingerprint density at radius 1 is 0.630 bits per heavy atom. The third kappa shape index (κ3) is 7.67. The van der Waals surface area contributed by atoms with Crippen LogP contribution in [0.4, 0.5) is 0 Å². The van der Waals surface area contributed by atoms with E-state index in [4.69, 9.17) is 9.47 Å². The van der Waals surface area contributed by atoms with Crippen LogP contribution in [-0.2, 0) is 32.2 Å². The maximum atomic E-state index is 13.5. The number of aliphatic hydroxyl groups excluding tert-OH is 2. The second kappa shape index (κ2) is 15.0. The van der Waals surface area contributed by atoms with E-state index in [1.54, 1.807) is 0 Å². The maximum absolute atomic E-state index is 13.5. The zero-order chi connectivity index (χ0) is 32.2. The number of piperidine rings is 2. The van der Waals surface area contributed by atoms with Crippen LogP contribution >= 0.6 is 0 Å². The summed E-state index contributed by atoms with van der Waals surface area (Å²) in [6.07, 6.45) is 5.65. The second-order valence-corrected chi connectivity index (χ2v) is 14.5. The van der Waals surface area contributed by atoms with Gasteiger partial charge in [-0.15, -0.1) is 0 Å². The average molecular weight is 633 g/mol. The summed E-state index contributed by atoms with van der Waals surface area (Å²) in [4.78, 5) is 31.3. The lowest BCUT2D eigenvalue weighted by Gasteiger charge is -2.47. The van der Waals surface area contributed by atoms with Crippen LogP contribution in [0.1, 0.15) is 86.5 Å². The van der Waals surface area contributed by atoms with E-state index in [9.17, 15) is 19.8 Å². The van der Waals surface area contributed by atoms with Gasteiger partial charge in [0.25, 0.3) is 0 Å². The van der Waals surface area contributed by atoms with E-state index in [-0.39, 0.29) is 11.8 Å². The van der Waals surface area contributed by atoms with Crippen LogP contribution in [0.3, 0.4) is 0 Å². The van der Waals surface area contributed by atoms with Crippen molar-refractivity contribution < 1.29 is 29.3 Å². The predicted molar refractivity (Wildman–Crippen MR) is 175 cm³/mol. The zero-order valence-electron chi connectivity index (χ0n) is 27.6. The molecule has 2 saturated carbocycles. The second-order valence-electron chi connectivity index (χ2n) is 14.5. The van der Waals surface area contributed by atoms with Crippen LogP contribution in [0, 0.1) is 37.5 Å². The van der Waals surface area contributed by atoms with Gasteiger partial charge in [-0.25, -0.2) is 9.59 Å². The number of likely N-dealkylation sites (tertiary alicyclic amines) is 2. The molecule has 0 bridgehead atoms. The van der Waals surface area contributed by atoms with Gasteiger partial charge in [-0.05, 0) is 75.3 Å². The van der Waals surface area contributed by atoms with Crippen molar-refractivity contribution in [1.82, 2.24) is 9.80 Å². The minimum Gasteiger partial charge on any atom is -0.444 e. The number of esters is 2. The Morgan fingerprint density at radius 3 is 1.39 bits per heavy atom. The largest absolute Gasteiger partial charge is 0.444 e. The Morgan fingerprint density at radius 2 is 1.00 bits per heavy atom. The van der Waals surface area contributed by atoms with Gasteiger partial charge in [-0.1, -0.05) is 85.3 Å². The van der Waals surface area contributed by atoms with Crippen LogP contribution in [0.2, 0.25) is 0 Å². The van der Waals surface area contributed by atoms with Gasteiger partial charge in [0.15, 0.2) is 24.7 Å². The molecule has 4 aliphatic rings. The highest BCUT2D eigenvalue weighted by molar-refractivity contribution is 5.85. The van der Waals surface area contributed by atoms with E-state index >= 15 is 0 Å². The van der Waals surface area contributed by atoms with Crippen molar-refractivity contribution in [2.24, 2.45) is 23.7 Å². The number of hydrogen-bond donors (Lipinski definition) is 2. The quantitative estimate of drug-likeness (QED) is 0.351. The first-order valence-corrected chi connectivity index (χ1v) is 17.6.